The van der Waals surface area contributed by atoms with Crippen molar-refractivity contribution in [2.24, 2.45) is 0 Å². The number of rotatable bonds is 5. The highest BCUT2D eigenvalue weighted by Gasteiger charge is 2.31. The normalized spacial score (nSPS) is 12.0. The highest BCUT2D eigenvalue weighted by atomic mass is 32.1. The SMILES string of the molecule is CCN(CCC#N)Cn1nc2ccc(C(F)(F)F)cn2c1=S. The second-order valence-corrected chi connectivity index (χ2v) is 5.05. The summed E-state index contributed by atoms with van der Waals surface area (Å²) in [5.41, 5.74) is -0.415. The molecule has 118 valence electrons. The van der Waals surface area contributed by atoms with Crippen LogP contribution in [0.15, 0.2) is 18.3 Å². The predicted octanol–water partition coefficient (Wildman–Crippen LogP) is 3.08. The van der Waals surface area contributed by atoms with Crippen LogP contribution in [0.5, 0.6) is 0 Å². The number of nitrogens with zero attached hydrogens (tertiary/aromatic N) is 5. The van der Waals surface area contributed by atoms with Crippen LogP contribution in [0.2, 0.25) is 0 Å². The maximum atomic E-state index is 12.7. The number of nitriles is 1. The van der Waals surface area contributed by atoms with Crippen molar-refractivity contribution in [1.29, 1.82) is 5.26 Å². The Labute approximate surface area is 130 Å². The molecule has 2 heterocycles. The van der Waals surface area contributed by atoms with Gasteiger partial charge >= 0.3 is 6.18 Å². The van der Waals surface area contributed by atoms with Gasteiger partial charge in [-0.25, -0.2) is 4.68 Å². The molecule has 9 heteroatoms. The molecular formula is C13H14F3N5S. The predicted molar refractivity (Wildman–Crippen MR) is 76.5 cm³/mol. The van der Waals surface area contributed by atoms with Crippen LogP contribution in [0.1, 0.15) is 18.9 Å². The lowest BCUT2D eigenvalue weighted by Crippen LogP contribution is -2.27. The Morgan fingerprint density at radius 3 is 2.73 bits per heavy atom. The molecule has 0 N–H and O–H groups in total. The summed E-state index contributed by atoms with van der Waals surface area (Å²) < 4.78 is 41.1. The molecule has 0 unspecified atom stereocenters. The summed E-state index contributed by atoms with van der Waals surface area (Å²) in [4.78, 5) is 1.94. The zero-order chi connectivity index (χ0) is 16.3. The number of fused-ring (bicyclic) bond motifs is 1. The molecular weight excluding hydrogens is 315 g/mol. The molecule has 2 aromatic rings. The third-order valence-electron chi connectivity index (χ3n) is 3.23. The molecule has 0 radical (unpaired) electrons. The van der Waals surface area contributed by atoms with Crippen LogP contribution in [-0.2, 0) is 12.8 Å². The van der Waals surface area contributed by atoms with E-state index >= 15 is 0 Å². The molecule has 0 aliphatic rings. The van der Waals surface area contributed by atoms with Crippen LogP contribution in [0.3, 0.4) is 0 Å². The van der Waals surface area contributed by atoms with Crippen molar-refractivity contribution in [3.63, 3.8) is 0 Å². The lowest BCUT2D eigenvalue weighted by Gasteiger charge is -2.18. The van der Waals surface area contributed by atoms with Gasteiger partial charge in [-0.1, -0.05) is 6.92 Å². The fourth-order valence-corrected chi connectivity index (χ4v) is 2.25. The van der Waals surface area contributed by atoms with E-state index in [9.17, 15) is 13.2 Å². The van der Waals surface area contributed by atoms with Crippen molar-refractivity contribution in [2.75, 3.05) is 13.1 Å². The van der Waals surface area contributed by atoms with E-state index < -0.39 is 11.7 Å². The third kappa shape index (κ3) is 3.45. The first kappa shape index (κ1) is 16.5. The summed E-state index contributed by atoms with van der Waals surface area (Å²) in [7, 11) is 0. The average molecular weight is 329 g/mol. The molecule has 0 atom stereocenters. The van der Waals surface area contributed by atoms with Crippen LogP contribution in [-0.4, -0.2) is 32.2 Å². The second-order valence-electron chi connectivity index (χ2n) is 4.69. The van der Waals surface area contributed by atoms with E-state index in [0.717, 1.165) is 12.3 Å². The molecule has 0 spiro atoms. The summed E-state index contributed by atoms with van der Waals surface area (Å²) in [6, 6.07) is 4.33. The number of pyridine rings is 1. The minimum atomic E-state index is -4.42. The zero-order valence-corrected chi connectivity index (χ0v) is 12.7. The Kier molecular flexibility index (Phi) is 4.83. The molecule has 0 saturated carbocycles. The van der Waals surface area contributed by atoms with E-state index in [2.05, 4.69) is 11.2 Å². The van der Waals surface area contributed by atoms with Gasteiger partial charge in [0.2, 0.25) is 4.77 Å². The Morgan fingerprint density at radius 2 is 2.14 bits per heavy atom. The molecule has 22 heavy (non-hydrogen) atoms. The smallest absolute Gasteiger partial charge is 0.284 e. The summed E-state index contributed by atoms with van der Waals surface area (Å²) in [6.45, 7) is 3.50. The Morgan fingerprint density at radius 1 is 1.41 bits per heavy atom. The van der Waals surface area contributed by atoms with Gasteiger partial charge in [-0.05, 0) is 30.9 Å². The minimum absolute atomic E-state index is 0.191. The first-order valence-electron chi connectivity index (χ1n) is 6.62. The van der Waals surface area contributed by atoms with E-state index in [1.807, 2.05) is 11.8 Å². The van der Waals surface area contributed by atoms with Crippen LogP contribution in [0, 0.1) is 16.1 Å². The summed E-state index contributed by atoms with van der Waals surface area (Å²) in [6.07, 6.45) is -3.10. The van der Waals surface area contributed by atoms with Crippen molar-refractivity contribution in [3.8, 4) is 6.07 Å². The standard InChI is InChI=1S/C13H14F3N5S/c1-2-19(7-3-6-17)9-21-12(22)20-8-10(13(14,15)16)4-5-11(20)18-21/h4-5,8H,2-3,7,9H2,1H3. The maximum absolute atomic E-state index is 12.7. The highest BCUT2D eigenvalue weighted by molar-refractivity contribution is 7.71. The molecule has 0 fully saturated rings. The summed E-state index contributed by atoms with van der Waals surface area (Å²) in [5.74, 6) is 0. The van der Waals surface area contributed by atoms with Gasteiger partial charge in [0.1, 0.15) is 0 Å². The van der Waals surface area contributed by atoms with Crippen LogP contribution in [0.4, 0.5) is 13.2 Å². The summed E-state index contributed by atoms with van der Waals surface area (Å²) >= 11 is 5.19. The molecule has 0 aliphatic carbocycles. The van der Waals surface area contributed by atoms with Gasteiger partial charge < -0.3 is 0 Å². The molecule has 0 bridgehead atoms. The van der Waals surface area contributed by atoms with E-state index in [-0.39, 0.29) is 4.77 Å². The van der Waals surface area contributed by atoms with E-state index in [0.29, 0.717) is 31.8 Å². The monoisotopic (exact) mass is 329 g/mol. The lowest BCUT2D eigenvalue weighted by atomic mass is 10.3. The fraction of sp³-hybridized carbons (Fsp3) is 0.462. The van der Waals surface area contributed by atoms with Crippen LogP contribution >= 0.6 is 12.2 Å². The highest BCUT2D eigenvalue weighted by Crippen LogP contribution is 2.29. The largest absolute Gasteiger partial charge is 0.417 e. The van der Waals surface area contributed by atoms with E-state index in [1.54, 1.807) is 0 Å². The number of aromatic nitrogens is 3. The van der Waals surface area contributed by atoms with Crippen molar-refractivity contribution < 1.29 is 13.2 Å². The molecule has 2 rings (SSSR count). The second kappa shape index (κ2) is 6.46. The zero-order valence-electron chi connectivity index (χ0n) is 11.8. The molecule has 0 aromatic carbocycles. The van der Waals surface area contributed by atoms with Crippen molar-refractivity contribution in [1.82, 2.24) is 19.1 Å². The number of hydrogen-bond donors (Lipinski definition) is 0. The molecule has 0 saturated heterocycles. The lowest BCUT2D eigenvalue weighted by molar-refractivity contribution is -0.137. The quantitative estimate of drug-likeness (QED) is 0.791. The van der Waals surface area contributed by atoms with Crippen LogP contribution in [0.25, 0.3) is 5.65 Å². The van der Waals surface area contributed by atoms with Gasteiger partial charge in [0.25, 0.3) is 0 Å². The summed E-state index contributed by atoms with van der Waals surface area (Å²) in [5, 5.41) is 12.8. The van der Waals surface area contributed by atoms with Crippen molar-refractivity contribution in [3.05, 3.63) is 28.7 Å². The first-order chi connectivity index (χ1) is 10.4. The van der Waals surface area contributed by atoms with Crippen molar-refractivity contribution >= 4 is 17.9 Å². The van der Waals surface area contributed by atoms with Gasteiger partial charge in [0.15, 0.2) is 5.65 Å². The average Bonchev–Trinajstić information content (AvgIpc) is 2.78. The Hall–Kier alpha value is -1.92. The number of hydrogen-bond acceptors (Lipinski definition) is 4. The van der Waals surface area contributed by atoms with Crippen molar-refractivity contribution in [2.45, 2.75) is 26.2 Å². The number of halogens is 3. The molecule has 2 aromatic heterocycles. The minimum Gasteiger partial charge on any atom is -0.284 e. The van der Waals surface area contributed by atoms with Gasteiger partial charge in [-0.3, -0.25) is 9.30 Å². The third-order valence-corrected chi connectivity index (χ3v) is 3.63. The van der Waals surface area contributed by atoms with Gasteiger partial charge in [0, 0.05) is 19.2 Å². The van der Waals surface area contributed by atoms with E-state index in [1.165, 1.54) is 15.1 Å². The Bertz CT molecular complexity index is 756. The maximum Gasteiger partial charge on any atom is 0.417 e. The first-order valence-corrected chi connectivity index (χ1v) is 7.03. The molecule has 5 nitrogen and oxygen atoms in total. The molecule has 0 amide bonds. The topological polar surface area (TPSA) is 49.3 Å². The molecule has 0 aliphatic heterocycles. The number of alkyl halides is 3. The van der Waals surface area contributed by atoms with Gasteiger partial charge in [0.05, 0.1) is 18.3 Å². The Balaban J connectivity index is 2.35. The fourth-order valence-electron chi connectivity index (χ4n) is 2.00. The van der Waals surface area contributed by atoms with E-state index in [4.69, 9.17) is 17.5 Å². The van der Waals surface area contributed by atoms with Crippen LogP contribution < -0.4 is 0 Å². The van der Waals surface area contributed by atoms with Gasteiger partial charge in [-0.2, -0.15) is 23.5 Å². The van der Waals surface area contributed by atoms with Gasteiger partial charge in [-0.15, -0.1) is 0 Å².